The molecule has 0 atom stereocenters. The van der Waals surface area contributed by atoms with Gasteiger partial charge in [0.25, 0.3) is 0 Å². The van der Waals surface area contributed by atoms with Gasteiger partial charge in [-0.05, 0) is 18.1 Å². The molecule has 2 rings (SSSR count). The Balaban J connectivity index is 2.74. The molecule has 4 heteroatoms. The van der Waals surface area contributed by atoms with Crippen molar-refractivity contribution >= 4 is 12.6 Å². The Morgan fingerprint density at radius 3 is 2.28 bits per heavy atom. The first-order valence-electron chi connectivity index (χ1n) is 5.60. The second-order valence-corrected chi connectivity index (χ2v) is 4.07. The van der Waals surface area contributed by atoms with Crippen LogP contribution in [0.3, 0.4) is 0 Å². The van der Waals surface area contributed by atoms with Crippen molar-refractivity contribution in [2.45, 2.75) is 6.92 Å². The Kier molecular flexibility index (Phi) is 3.47. The minimum absolute atomic E-state index is 0.238. The van der Waals surface area contributed by atoms with Crippen molar-refractivity contribution in [2.24, 2.45) is 0 Å². The zero-order valence-electron chi connectivity index (χ0n) is 9.96. The minimum Gasteiger partial charge on any atom is -0.423 e. The molecule has 2 N–H and O–H groups in total. The fraction of sp³-hybridized carbons (Fsp3) is 0.0714. The molecule has 0 aromatic heterocycles. The lowest BCUT2D eigenvalue weighted by Gasteiger charge is -2.12. The van der Waals surface area contributed by atoms with Crippen molar-refractivity contribution in [1.82, 2.24) is 0 Å². The summed E-state index contributed by atoms with van der Waals surface area (Å²) >= 11 is 0. The molecule has 0 amide bonds. The minimum atomic E-state index is -1.64. The van der Waals surface area contributed by atoms with Gasteiger partial charge in [0.1, 0.15) is 0 Å². The SMILES string of the molecule is Cc1ccc(B(O)O)c(C#N)c1-c1ccccc1. The molecule has 0 unspecified atom stereocenters. The van der Waals surface area contributed by atoms with E-state index in [1.54, 1.807) is 12.1 Å². The number of rotatable bonds is 2. The van der Waals surface area contributed by atoms with Crippen LogP contribution in [0.25, 0.3) is 11.1 Å². The number of aryl methyl sites for hydroxylation is 1. The number of benzene rings is 2. The van der Waals surface area contributed by atoms with E-state index >= 15 is 0 Å². The lowest BCUT2D eigenvalue weighted by Crippen LogP contribution is -2.32. The van der Waals surface area contributed by atoms with E-state index in [0.29, 0.717) is 5.56 Å². The maximum absolute atomic E-state index is 9.30. The average Bonchev–Trinajstić information content (AvgIpc) is 2.38. The second kappa shape index (κ2) is 5.05. The van der Waals surface area contributed by atoms with Gasteiger partial charge in [0.2, 0.25) is 0 Å². The van der Waals surface area contributed by atoms with Gasteiger partial charge in [-0.3, -0.25) is 0 Å². The topological polar surface area (TPSA) is 64.2 Å². The maximum Gasteiger partial charge on any atom is 0.489 e. The first kappa shape index (κ1) is 12.4. The average molecular weight is 237 g/mol. The molecule has 0 bridgehead atoms. The first-order valence-corrected chi connectivity index (χ1v) is 5.60. The number of hydrogen-bond acceptors (Lipinski definition) is 3. The van der Waals surface area contributed by atoms with E-state index in [1.807, 2.05) is 37.3 Å². The van der Waals surface area contributed by atoms with E-state index in [0.717, 1.165) is 16.7 Å². The van der Waals surface area contributed by atoms with Crippen molar-refractivity contribution in [3.05, 3.63) is 53.6 Å². The third-order valence-corrected chi connectivity index (χ3v) is 2.90. The molecule has 2 aromatic rings. The van der Waals surface area contributed by atoms with E-state index in [4.69, 9.17) is 0 Å². The monoisotopic (exact) mass is 237 g/mol. The van der Waals surface area contributed by atoms with Gasteiger partial charge < -0.3 is 10.0 Å². The van der Waals surface area contributed by atoms with Gasteiger partial charge in [-0.1, -0.05) is 42.5 Å². The van der Waals surface area contributed by atoms with Crippen molar-refractivity contribution in [3.63, 3.8) is 0 Å². The molecule has 0 saturated carbocycles. The Bertz CT molecular complexity index is 603. The Hall–Kier alpha value is -2.09. The highest BCUT2D eigenvalue weighted by atomic mass is 16.4. The van der Waals surface area contributed by atoms with Crippen LogP contribution < -0.4 is 5.46 Å². The Labute approximate surface area is 106 Å². The highest BCUT2D eigenvalue weighted by molar-refractivity contribution is 6.59. The van der Waals surface area contributed by atoms with Crippen molar-refractivity contribution in [2.75, 3.05) is 0 Å². The normalized spacial score (nSPS) is 9.89. The van der Waals surface area contributed by atoms with Crippen LogP contribution in [0.1, 0.15) is 11.1 Å². The van der Waals surface area contributed by atoms with Gasteiger partial charge in [0.15, 0.2) is 0 Å². The van der Waals surface area contributed by atoms with Crippen LogP contribution in [0.15, 0.2) is 42.5 Å². The Morgan fingerprint density at radius 2 is 1.72 bits per heavy atom. The molecule has 0 spiro atoms. The molecule has 0 heterocycles. The van der Waals surface area contributed by atoms with E-state index in [2.05, 4.69) is 6.07 Å². The molecule has 0 saturated heterocycles. The lowest BCUT2D eigenvalue weighted by atomic mass is 9.74. The number of nitrogens with zero attached hydrogens (tertiary/aromatic N) is 1. The smallest absolute Gasteiger partial charge is 0.423 e. The summed E-state index contributed by atoms with van der Waals surface area (Å²) in [6, 6.07) is 14.9. The van der Waals surface area contributed by atoms with Gasteiger partial charge in [-0.15, -0.1) is 0 Å². The van der Waals surface area contributed by atoms with Crippen LogP contribution in [0.5, 0.6) is 0 Å². The molecule has 3 nitrogen and oxygen atoms in total. The lowest BCUT2D eigenvalue weighted by molar-refractivity contribution is 0.425. The summed E-state index contributed by atoms with van der Waals surface area (Å²) in [6.45, 7) is 1.90. The van der Waals surface area contributed by atoms with Gasteiger partial charge in [0, 0.05) is 11.0 Å². The van der Waals surface area contributed by atoms with Gasteiger partial charge in [0.05, 0.1) is 11.6 Å². The largest absolute Gasteiger partial charge is 0.489 e. The second-order valence-electron chi connectivity index (χ2n) is 4.07. The summed E-state index contributed by atoms with van der Waals surface area (Å²) in [4.78, 5) is 0. The van der Waals surface area contributed by atoms with Crippen molar-refractivity contribution in [1.29, 1.82) is 5.26 Å². The summed E-state index contributed by atoms with van der Waals surface area (Å²) < 4.78 is 0. The maximum atomic E-state index is 9.30. The van der Waals surface area contributed by atoms with Crippen molar-refractivity contribution < 1.29 is 10.0 Å². The molecular weight excluding hydrogens is 225 g/mol. The van der Waals surface area contributed by atoms with E-state index < -0.39 is 7.12 Å². The third kappa shape index (κ3) is 2.14. The molecular formula is C14H12BNO2. The molecule has 0 aliphatic carbocycles. The van der Waals surface area contributed by atoms with E-state index in [9.17, 15) is 15.3 Å². The first-order chi connectivity index (χ1) is 8.65. The van der Waals surface area contributed by atoms with Gasteiger partial charge in [-0.2, -0.15) is 5.26 Å². The van der Waals surface area contributed by atoms with Crippen LogP contribution in [-0.4, -0.2) is 17.2 Å². The van der Waals surface area contributed by atoms with Gasteiger partial charge in [-0.25, -0.2) is 0 Å². The quantitative estimate of drug-likeness (QED) is 0.771. The standard InChI is InChI=1S/C14H12BNO2/c1-10-7-8-13(15(17)18)12(9-16)14(10)11-5-3-2-4-6-11/h2-8,17-18H,1H3. The molecule has 18 heavy (non-hydrogen) atoms. The van der Waals surface area contributed by atoms with Crippen LogP contribution in [-0.2, 0) is 0 Å². The molecule has 0 fully saturated rings. The van der Waals surface area contributed by atoms with Crippen LogP contribution in [0, 0.1) is 18.3 Å². The summed E-state index contributed by atoms with van der Waals surface area (Å²) in [5, 5.41) is 27.9. The fourth-order valence-corrected chi connectivity index (χ4v) is 2.04. The fourth-order valence-electron chi connectivity index (χ4n) is 2.04. The Morgan fingerprint density at radius 1 is 1.06 bits per heavy atom. The third-order valence-electron chi connectivity index (χ3n) is 2.90. The molecule has 0 aliphatic rings. The van der Waals surface area contributed by atoms with E-state index in [-0.39, 0.29) is 5.46 Å². The summed E-state index contributed by atoms with van der Waals surface area (Å²) in [7, 11) is -1.64. The van der Waals surface area contributed by atoms with Crippen LogP contribution in [0.2, 0.25) is 0 Å². The zero-order valence-corrected chi connectivity index (χ0v) is 9.96. The molecule has 0 radical (unpaired) electrons. The predicted octanol–water partition coefficient (Wildman–Crippen LogP) is 1.21. The highest BCUT2D eigenvalue weighted by Gasteiger charge is 2.20. The molecule has 2 aromatic carbocycles. The summed E-state index contributed by atoms with van der Waals surface area (Å²) in [5.41, 5.74) is 3.14. The van der Waals surface area contributed by atoms with Crippen LogP contribution in [0.4, 0.5) is 0 Å². The van der Waals surface area contributed by atoms with E-state index in [1.165, 1.54) is 0 Å². The van der Waals surface area contributed by atoms with Gasteiger partial charge >= 0.3 is 7.12 Å². The summed E-state index contributed by atoms with van der Waals surface area (Å²) in [5.74, 6) is 0. The number of hydrogen-bond donors (Lipinski definition) is 2. The highest BCUT2D eigenvalue weighted by Crippen LogP contribution is 2.25. The zero-order chi connectivity index (χ0) is 13.1. The van der Waals surface area contributed by atoms with Crippen molar-refractivity contribution in [3.8, 4) is 17.2 Å². The molecule has 0 aliphatic heterocycles. The predicted molar refractivity (Wildman–Crippen MR) is 71.2 cm³/mol. The molecule has 88 valence electrons. The van der Waals surface area contributed by atoms with Crippen LogP contribution >= 0.6 is 0 Å². The summed E-state index contributed by atoms with van der Waals surface area (Å²) in [6.07, 6.45) is 0. The number of nitriles is 1.